The average molecular weight is 1100 g/mol. The van der Waals surface area contributed by atoms with Crippen LogP contribution in [-0.4, -0.2) is 47.4 Å². The summed E-state index contributed by atoms with van der Waals surface area (Å²) in [5, 5.41) is 23.4. The van der Waals surface area contributed by atoms with E-state index in [1.165, 1.54) is 340 Å². The first-order valence-electron chi connectivity index (χ1n) is 35.9. The van der Waals surface area contributed by atoms with E-state index in [4.69, 9.17) is 4.74 Å². The summed E-state index contributed by atoms with van der Waals surface area (Å²) in [5.74, 6) is -0.0169. The number of hydrogen-bond donors (Lipinski definition) is 3. The number of carbonyl (C=O) groups excluding carboxylic acids is 2. The van der Waals surface area contributed by atoms with E-state index >= 15 is 0 Å². The highest BCUT2D eigenvalue weighted by Gasteiger charge is 2.20. The molecule has 0 aliphatic carbocycles. The molecule has 0 aromatic carbocycles. The second kappa shape index (κ2) is 68.1. The number of esters is 1. The number of aliphatic hydroxyl groups excluding tert-OH is 2. The van der Waals surface area contributed by atoms with Crippen molar-refractivity contribution < 1.29 is 24.5 Å². The van der Waals surface area contributed by atoms with E-state index in [9.17, 15) is 19.8 Å². The van der Waals surface area contributed by atoms with E-state index in [-0.39, 0.29) is 18.5 Å². The molecular formula is C72H141NO5. The van der Waals surface area contributed by atoms with Crippen LogP contribution in [0.25, 0.3) is 0 Å². The Morgan fingerprint density at radius 1 is 0.346 bits per heavy atom. The maximum atomic E-state index is 12.5. The monoisotopic (exact) mass is 1100 g/mol. The van der Waals surface area contributed by atoms with Crippen LogP contribution in [-0.2, 0) is 14.3 Å². The Labute approximate surface area is 489 Å². The molecule has 0 aliphatic heterocycles. The van der Waals surface area contributed by atoms with Crippen molar-refractivity contribution in [1.29, 1.82) is 0 Å². The Kier molecular flexibility index (Phi) is 66.9. The van der Waals surface area contributed by atoms with E-state index in [1.54, 1.807) is 0 Å². The van der Waals surface area contributed by atoms with Crippen LogP contribution in [0.5, 0.6) is 0 Å². The molecule has 0 fully saturated rings. The molecule has 6 nitrogen and oxygen atoms in total. The first-order valence-corrected chi connectivity index (χ1v) is 35.9. The molecule has 0 rings (SSSR count). The number of rotatable bonds is 68. The Morgan fingerprint density at radius 3 is 0.910 bits per heavy atom. The van der Waals surface area contributed by atoms with Crippen LogP contribution in [0, 0.1) is 0 Å². The summed E-state index contributed by atoms with van der Waals surface area (Å²) in [6.07, 6.45) is 84.0. The van der Waals surface area contributed by atoms with E-state index in [0.717, 1.165) is 38.5 Å². The lowest BCUT2D eigenvalue weighted by Gasteiger charge is -2.22. The lowest BCUT2D eigenvalue weighted by molar-refractivity contribution is -0.143. The van der Waals surface area contributed by atoms with Crippen molar-refractivity contribution in [3.63, 3.8) is 0 Å². The Hall–Kier alpha value is -1.40. The van der Waals surface area contributed by atoms with Gasteiger partial charge < -0.3 is 20.3 Å². The van der Waals surface area contributed by atoms with Gasteiger partial charge in [0.25, 0.3) is 0 Å². The molecular weight excluding hydrogens is 959 g/mol. The predicted octanol–water partition coefficient (Wildman–Crippen LogP) is 23.1. The fourth-order valence-corrected chi connectivity index (χ4v) is 11.6. The molecule has 78 heavy (non-hydrogen) atoms. The molecule has 0 radical (unpaired) electrons. The SMILES string of the molecule is CCCCCCCCCCCCCCCCCCCCCC(O)C(CO)NC(=O)CCCCCCCCCC/C=C\CCCCCCCCCCCCCCOC(=O)CCCCCCCCCCCCCCCCCCCC. The topological polar surface area (TPSA) is 95.9 Å². The van der Waals surface area contributed by atoms with Crippen LogP contribution in [0.3, 0.4) is 0 Å². The molecule has 2 unspecified atom stereocenters. The summed E-state index contributed by atoms with van der Waals surface area (Å²) >= 11 is 0. The van der Waals surface area contributed by atoms with Crippen molar-refractivity contribution in [2.75, 3.05) is 13.2 Å². The van der Waals surface area contributed by atoms with Gasteiger partial charge in [0.05, 0.1) is 25.4 Å². The third kappa shape index (κ3) is 63.8. The number of unbranched alkanes of at least 4 members (excludes halogenated alkanes) is 55. The minimum Gasteiger partial charge on any atom is -0.466 e. The van der Waals surface area contributed by atoms with Crippen LogP contribution in [0.1, 0.15) is 412 Å². The van der Waals surface area contributed by atoms with Gasteiger partial charge in [0.1, 0.15) is 0 Å². The molecule has 0 aromatic heterocycles. The molecule has 2 atom stereocenters. The number of allylic oxidation sites excluding steroid dienone is 2. The minimum atomic E-state index is -0.667. The number of hydrogen-bond acceptors (Lipinski definition) is 5. The van der Waals surface area contributed by atoms with Gasteiger partial charge in [0.15, 0.2) is 0 Å². The van der Waals surface area contributed by atoms with Gasteiger partial charge in [0.2, 0.25) is 5.91 Å². The van der Waals surface area contributed by atoms with E-state index in [0.29, 0.717) is 25.9 Å². The summed E-state index contributed by atoms with van der Waals surface area (Å²) in [7, 11) is 0. The third-order valence-corrected chi connectivity index (χ3v) is 17.1. The Balaban J connectivity index is 3.38. The molecule has 0 spiro atoms. The first-order chi connectivity index (χ1) is 38.5. The second-order valence-corrected chi connectivity index (χ2v) is 24.9. The molecule has 0 saturated heterocycles. The number of carbonyl (C=O) groups is 2. The van der Waals surface area contributed by atoms with Gasteiger partial charge in [-0.3, -0.25) is 9.59 Å². The molecule has 0 heterocycles. The third-order valence-electron chi connectivity index (χ3n) is 17.1. The van der Waals surface area contributed by atoms with Crippen molar-refractivity contribution in [1.82, 2.24) is 5.32 Å². The molecule has 0 aliphatic rings. The standard InChI is InChI=1S/C72H141NO5/c1-3-5-7-9-11-13-15-17-19-21-29-32-36-40-44-48-52-56-60-64-70(75)69(68-74)73-71(76)65-61-57-53-49-45-41-37-33-30-27-25-23-24-26-28-31-35-39-43-47-51-55-59-63-67-78-72(77)66-62-58-54-50-46-42-38-34-22-20-18-16-14-12-10-8-6-4-2/h25,27,69-70,74-75H,3-24,26,28-68H2,1-2H3,(H,73,76)/b27-25-. The van der Waals surface area contributed by atoms with E-state index in [2.05, 4.69) is 31.3 Å². The molecule has 0 saturated carbocycles. The van der Waals surface area contributed by atoms with Gasteiger partial charge in [-0.1, -0.05) is 360 Å². The predicted molar refractivity (Wildman–Crippen MR) is 343 cm³/mol. The summed E-state index contributed by atoms with van der Waals surface area (Å²) in [4.78, 5) is 24.6. The van der Waals surface area contributed by atoms with E-state index in [1.807, 2.05) is 0 Å². The maximum absolute atomic E-state index is 12.5. The van der Waals surface area contributed by atoms with Gasteiger partial charge in [0, 0.05) is 12.8 Å². The highest BCUT2D eigenvalue weighted by Crippen LogP contribution is 2.19. The van der Waals surface area contributed by atoms with Gasteiger partial charge in [-0.15, -0.1) is 0 Å². The number of ether oxygens (including phenoxy) is 1. The van der Waals surface area contributed by atoms with Crippen LogP contribution in [0.2, 0.25) is 0 Å². The van der Waals surface area contributed by atoms with Crippen molar-refractivity contribution >= 4 is 11.9 Å². The van der Waals surface area contributed by atoms with Crippen molar-refractivity contribution in [3.8, 4) is 0 Å². The molecule has 0 aromatic rings. The highest BCUT2D eigenvalue weighted by atomic mass is 16.5. The summed E-state index contributed by atoms with van der Waals surface area (Å²) in [5.41, 5.74) is 0. The zero-order valence-corrected chi connectivity index (χ0v) is 53.2. The van der Waals surface area contributed by atoms with Crippen LogP contribution in [0.4, 0.5) is 0 Å². The quantitative estimate of drug-likeness (QED) is 0.0320. The van der Waals surface area contributed by atoms with Gasteiger partial charge >= 0.3 is 5.97 Å². The van der Waals surface area contributed by atoms with Crippen molar-refractivity contribution in [2.24, 2.45) is 0 Å². The minimum absolute atomic E-state index is 0.0182. The summed E-state index contributed by atoms with van der Waals surface area (Å²) < 4.78 is 5.51. The smallest absolute Gasteiger partial charge is 0.305 e. The van der Waals surface area contributed by atoms with Gasteiger partial charge in [-0.25, -0.2) is 0 Å². The van der Waals surface area contributed by atoms with E-state index < -0.39 is 12.1 Å². The molecule has 3 N–H and O–H groups in total. The second-order valence-electron chi connectivity index (χ2n) is 24.9. The molecule has 6 heteroatoms. The lowest BCUT2D eigenvalue weighted by Crippen LogP contribution is -2.45. The zero-order valence-electron chi connectivity index (χ0n) is 53.2. The molecule has 0 bridgehead atoms. The largest absolute Gasteiger partial charge is 0.466 e. The van der Waals surface area contributed by atoms with Gasteiger partial charge in [-0.05, 0) is 51.4 Å². The highest BCUT2D eigenvalue weighted by molar-refractivity contribution is 5.76. The number of aliphatic hydroxyl groups is 2. The zero-order chi connectivity index (χ0) is 56.4. The average Bonchev–Trinajstić information content (AvgIpc) is 3.44. The summed E-state index contributed by atoms with van der Waals surface area (Å²) in [6, 6.07) is -0.545. The van der Waals surface area contributed by atoms with Crippen LogP contribution in [0.15, 0.2) is 12.2 Å². The van der Waals surface area contributed by atoms with Gasteiger partial charge in [-0.2, -0.15) is 0 Å². The fourth-order valence-electron chi connectivity index (χ4n) is 11.6. The maximum Gasteiger partial charge on any atom is 0.305 e. The number of amides is 1. The molecule has 464 valence electrons. The Morgan fingerprint density at radius 2 is 0.603 bits per heavy atom. The number of nitrogens with one attached hydrogen (secondary N) is 1. The van der Waals surface area contributed by atoms with Crippen LogP contribution >= 0.6 is 0 Å². The first kappa shape index (κ1) is 76.6. The normalized spacial score (nSPS) is 12.5. The fraction of sp³-hybridized carbons (Fsp3) is 0.944. The molecule has 1 amide bonds. The lowest BCUT2D eigenvalue weighted by atomic mass is 10.0. The van der Waals surface area contributed by atoms with Crippen molar-refractivity contribution in [2.45, 2.75) is 424 Å². The summed E-state index contributed by atoms with van der Waals surface area (Å²) in [6.45, 7) is 5.00. The van der Waals surface area contributed by atoms with Crippen LogP contribution < -0.4 is 5.32 Å². The Bertz CT molecular complexity index is 1180. The van der Waals surface area contributed by atoms with Crippen molar-refractivity contribution in [3.05, 3.63) is 12.2 Å².